The quantitative estimate of drug-likeness (QED) is 0.880. The van der Waals surface area contributed by atoms with Gasteiger partial charge in [-0.1, -0.05) is 18.2 Å². The Kier molecular flexibility index (Phi) is 5.44. The molecule has 0 bridgehead atoms. The lowest BCUT2D eigenvalue weighted by atomic mass is 10.1. The van der Waals surface area contributed by atoms with Crippen molar-refractivity contribution in [1.82, 2.24) is 9.88 Å². The molecule has 0 aliphatic heterocycles. The smallest absolute Gasteiger partial charge is 0.323 e. The van der Waals surface area contributed by atoms with Crippen LogP contribution < -0.4 is 0 Å². The number of hydrogen-bond acceptors (Lipinski definition) is 4. The van der Waals surface area contributed by atoms with Crippen molar-refractivity contribution in [3.63, 3.8) is 0 Å². The number of nitrogens with zero attached hydrogens (tertiary/aromatic N) is 2. The maximum atomic E-state index is 13.7. The maximum absolute atomic E-state index is 13.7. The van der Waals surface area contributed by atoms with E-state index in [1.165, 1.54) is 17.2 Å². The Labute approximate surface area is 137 Å². The van der Waals surface area contributed by atoms with Gasteiger partial charge in [0, 0.05) is 12.5 Å². The van der Waals surface area contributed by atoms with E-state index in [1.54, 1.807) is 32.0 Å². The first-order chi connectivity index (χ1) is 10.9. The Bertz CT molecular complexity index is 715. The van der Waals surface area contributed by atoms with Crippen LogP contribution in [0.5, 0.6) is 0 Å². The molecule has 5 nitrogen and oxygen atoms in total. The molecule has 0 aliphatic carbocycles. The summed E-state index contributed by atoms with van der Waals surface area (Å²) in [6.45, 7) is 3.14. The standard InChI is InChI=1S/C16H17FN2O3S/c1-10(2)19(9-15(20)21)16(22)13-8-18-14(23-13)7-11-5-3-4-6-12(11)17/h3-6,8,10H,7,9H2,1-2H3,(H,20,21). The Morgan fingerprint density at radius 2 is 2.04 bits per heavy atom. The largest absolute Gasteiger partial charge is 0.480 e. The molecule has 0 saturated carbocycles. The van der Waals surface area contributed by atoms with E-state index in [0.717, 1.165) is 11.3 Å². The predicted octanol–water partition coefficient (Wildman–Crippen LogP) is 2.81. The number of hydrogen-bond donors (Lipinski definition) is 1. The topological polar surface area (TPSA) is 70.5 Å². The molecule has 23 heavy (non-hydrogen) atoms. The van der Waals surface area contributed by atoms with E-state index >= 15 is 0 Å². The van der Waals surface area contributed by atoms with Crippen LogP contribution in [0.2, 0.25) is 0 Å². The lowest BCUT2D eigenvalue weighted by Gasteiger charge is -2.23. The minimum Gasteiger partial charge on any atom is -0.480 e. The second-order valence-corrected chi connectivity index (χ2v) is 6.42. The average molecular weight is 336 g/mol. The third-order valence-electron chi connectivity index (χ3n) is 3.25. The Hall–Kier alpha value is -2.28. The molecule has 0 fully saturated rings. The van der Waals surface area contributed by atoms with Crippen LogP contribution >= 0.6 is 11.3 Å². The molecule has 2 aromatic rings. The molecule has 2 rings (SSSR count). The van der Waals surface area contributed by atoms with Gasteiger partial charge in [0.15, 0.2) is 0 Å². The van der Waals surface area contributed by atoms with Gasteiger partial charge in [0.2, 0.25) is 0 Å². The third kappa shape index (κ3) is 4.35. The van der Waals surface area contributed by atoms with Gasteiger partial charge < -0.3 is 10.0 Å². The van der Waals surface area contributed by atoms with Crippen LogP contribution in [0.15, 0.2) is 30.5 Å². The Balaban J connectivity index is 2.16. The molecule has 1 aromatic heterocycles. The van der Waals surface area contributed by atoms with E-state index in [-0.39, 0.29) is 24.3 Å². The van der Waals surface area contributed by atoms with Gasteiger partial charge >= 0.3 is 5.97 Å². The number of carboxylic acid groups (broad SMARTS) is 1. The number of thiazole rings is 1. The highest BCUT2D eigenvalue weighted by molar-refractivity contribution is 7.13. The first kappa shape index (κ1) is 17.1. The van der Waals surface area contributed by atoms with Crippen molar-refractivity contribution in [2.45, 2.75) is 26.3 Å². The summed E-state index contributed by atoms with van der Waals surface area (Å²) in [6, 6.07) is 6.16. The number of carbonyl (C=O) groups excluding carboxylic acids is 1. The van der Waals surface area contributed by atoms with Crippen molar-refractivity contribution in [3.8, 4) is 0 Å². The van der Waals surface area contributed by atoms with Crippen LogP contribution in [0, 0.1) is 5.82 Å². The van der Waals surface area contributed by atoms with Gasteiger partial charge in [0.05, 0.1) is 11.2 Å². The lowest BCUT2D eigenvalue weighted by molar-refractivity contribution is -0.138. The molecular weight excluding hydrogens is 319 g/mol. The number of halogens is 1. The molecule has 1 aromatic carbocycles. The summed E-state index contributed by atoms with van der Waals surface area (Å²) in [5, 5.41) is 9.52. The predicted molar refractivity (Wildman–Crippen MR) is 85.1 cm³/mol. The first-order valence-electron chi connectivity index (χ1n) is 7.09. The van der Waals surface area contributed by atoms with Crippen LogP contribution in [0.3, 0.4) is 0 Å². The number of benzene rings is 1. The van der Waals surface area contributed by atoms with Gasteiger partial charge in [-0.15, -0.1) is 11.3 Å². The number of rotatable bonds is 6. The molecule has 0 radical (unpaired) electrons. The van der Waals surface area contributed by atoms with Gasteiger partial charge in [0.1, 0.15) is 17.2 Å². The number of carboxylic acids is 1. The fourth-order valence-corrected chi connectivity index (χ4v) is 2.97. The van der Waals surface area contributed by atoms with Crippen LogP contribution in [0.25, 0.3) is 0 Å². The molecule has 1 N–H and O–H groups in total. The summed E-state index contributed by atoms with van der Waals surface area (Å²) >= 11 is 1.16. The monoisotopic (exact) mass is 336 g/mol. The minimum absolute atomic E-state index is 0.240. The summed E-state index contributed by atoms with van der Waals surface area (Å²) in [5.74, 6) is -1.76. The van der Waals surface area contributed by atoms with Crippen molar-refractivity contribution in [3.05, 3.63) is 51.7 Å². The van der Waals surface area contributed by atoms with Crippen LogP contribution in [-0.4, -0.2) is 39.5 Å². The van der Waals surface area contributed by atoms with Crippen LogP contribution in [-0.2, 0) is 11.2 Å². The van der Waals surface area contributed by atoms with Crippen LogP contribution in [0.4, 0.5) is 4.39 Å². The highest BCUT2D eigenvalue weighted by Gasteiger charge is 2.23. The summed E-state index contributed by atoms with van der Waals surface area (Å²) in [5.41, 5.74) is 0.507. The van der Waals surface area contributed by atoms with E-state index in [0.29, 0.717) is 21.9 Å². The van der Waals surface area contributed by atoms with Gasteiger partial charge in [-0.2, -0.15) is 0 Å². The van der Waals surface area contributed by atoms with E-state index in [1.807, 2.05) is 0 Å². The molecular formula is C16H17FN2O3S. The van der Waals surface area contributed by atoms with Crippen LogP contribution in [0.1, 0.15) is 34.1 Å². The lowest BCUT2D eigenvalue weighted by Crippen LogP contribution is -2.40. The summed E-state index contributed by atoms with van der Waals surface area (Å²) in [7, 11) is 0. The van der Waals surface area contributed by atoms with Crippen molar-refractivity contribution < 1.29 is 19.1 Å². The van der Waals surface area contributed by atoms with Crippen molar-refractivity contribution in [1.29, 1.82) is 0 Å². The zero-order chi connectivity index (χ0) is 17.0. The van der Waals surface area contributed by atoms with Gasteiger partial charge in [-0.3, -0.25) is 9.59 Å². The molecule has 1 amide bonds. The Morgan fingerprint density at radius 1 is 1.35 bits per heavy atom. The van der Waals surface area contributed by atoms with Gasteiger partial charge in [-0.25, -0.2) is 9.37 Å². The molecule has 0 unspecified atom stereocenters. The summed E-state index contributed by atoms with van der Waals surface area (Å²) in [4.78, 5) is 29.1. The first-order valence-corrected chi connectivity index (χ1v) is 7.91. The summed E-state index contributed by atoms with van der Waals surface area (Å²) in [6.07, 6.45) is 1.71. The normalized spacial score (nSPS) is 10.8. The van der Waals surface area contributed by atoms with Gasteiger partial charge in [-0.05, 0) is 25.5 Å². The van der Waals surface area contributed by atoms with E-state index in [2.05, 4.69) is 4.98 Å². The molecule has 0 atom stereocenters. The number of amides is 1. The second-order valence-electron chi connectivity index (χ2n) is 5.31. The van der Waals surface area contributed by atoms with Crippen molar-refractivity contribution in [2.24, 2.45) is 0 Å². The zero-order valence-electron chi connectivity index (χ0n) is 12.8. The molecule has 122 valence electrons. The molecule has 0 saturated heterocycles. The summed E-state index contributed by atoms with van der Waals surface area (Å²) < 4.78 is 13.7. The SMILES string of the molecule is CC(C)N(CC(=O)O)C(=O)c1cnc(Cc2ccccc2F)s1. The maximum Gasteiger partial charge on any atom is 0.323 e. The van der Waals surface area contributed by atoms with Crippen molar-refractivity contribution in [2.75, 3.05) is 6.54 Å². The molecule has 0 spiro atoms. The van der Waals surface area contributed by atoms with E-state index in [4.69, 9.17) is 5.11 Å². The number of aromatic nitrogens is 1. The minimum atomic E-state index is -1.07. The fourth-order valence-electron chi connectivity index (χ4n) is 2.07. The zero-order valence-corrected chi connectivity index (χ0v) is 13.6. The van der Waals surface area contributed by atoms with E-state index < -0.39 is 5.97 Å². The number of carbonyl (C=O) groups is 2. The highest BCUT2D eigenvalue weighted by Crippen LogP contribution is 2.20. The van der Waals surface area contributed by atoms with Gasteiger partial charge in [0.25, 0.3) is 5.91 Å². The third-order valence-corrected chi connectivity index (χ3v) is 4.24. The van der Waals surface area contributed by atoms with Crippen molar-refractivity contribution >= 4 is 23.2 Å². The molecule has 1 heterocycles. The van der Waals surface area contributed by atoms with E-state index in [9.17, 15) is 14.0 Å². The highest BCUT2D eigenvalue weighted by atomic mass is 32.1. The fraction of sp³-hybridized carbons (Fsp3) is 0.312. The number of aliphatic carboxylic acids is 1. The second kappa shape index (κ2) is 7.32. The molecule has 7 heteroatoms. The Morgan fingerprint density at radius 3 is 2.65 bits per heavy atom. The average Bonchev–Trinajstić information content (AvgIpc) is 2.94. The molecule has 0 aliphatic rings.